The normalized spacial score (nSPS) is 10.4. The van der Waals surface area contributed by atoms with Gasteiger partial charge in [-0.2, -0.15) is 0 Å². The van der Waals surface area contributed by atoms with Crippen LogP contribution in [0.3, 0.4) is 0 Å². The molecule has 0 radical (unpaired) electrons. The highest BCUT2D eigenvalue weighted by Gasteiger charge is 2.20. The van der Waals surface area contributed by atoms with Crippen molar-refractivity contribution in [2.24, 2.45) is 0 Å². The molecule has 0 amide bonds. The summed E-state index contributed by atoms with van der Waals surface area (Å²) in [4.78, 5) is 3.40. The van der Waals surface area contributed by atoms with Gasteiger partial charge in [0.1, 0.15) is 0 Å². The smallest absolute Gasteiger partial charge is 0.284 e. The molecule has 1 aromatic heterocycles. The fourth-order valence-corrected chi connectivity index (χ4v) is 0.923. The third-order valence-electron chi connectivity index (χ3n) is 1.60. The van der Waals surface area contributed by atoms with Crippen LogP contribution < -0.4 is 9.47 Å². The van der Waals surface area contributed by atoms with Crippen molar-refractivity contribution in [3.63, 3.8) is 0 Å². The van der Waals surface area contributed by atoms with Crippen LogP contribution in [0.5, 0.6) is 17.4 Å². The Morgan fingerprint density at radius 3 is 2.43 bits per heavy atom. The Morgan fingerprint density at radius 1 is 1.36 bits per heavy atom. The number of hydrogen-bond donors (Lipinski definition) is 1. The molecule has 1 aromatic rings. The Kier molecular flexibility index (Phi) is 3.06. The number of aromatic hydroxyl groups is 1. The van der Waals surface area contributed by atoms with Gasteiger partial charge in [-0.15, -0.1) is 0 Å². The summed E-state index contributed by atoms with van der Waals surface area (Å²) in [5.41, 5.74) is -0.749. The molecule has 0 bridgehead atoms. The largest absolute Gasteiger partial charge is 0.503 e. The molecule has 0 aromatic carbocycles. The first-order valence-electron chi connectivity index (χ1n) is 3.70. The van der Waals surface area contributed by atoms with Crippen LogP contribution in [0.15, 0.2) is 6.07 Å². The minimum atomic E-state index is -2.88. The van der Waals surface area contributed by atoms with Crippen LogP contribution in [0.25, 0.3) is 0 Å². The number of aromatic nitrogens is 1. The molecule has 0 spiro atoms. The first-order valence-corrected chi connectivity index (χ1v) is 3.70. The fourth-order valence-electron chi connectivity index (χ4n) is 0.923. The summed E-state index contributed by atoms with van der Waals surface area (Å²) in [6.07, 6.45) is -2.88. The zero-order valence-corrected chi connectivity index (χ0v) is 7.62. The van der Waals surface area contributed by atoms with E-state index >= 15 is 0 Å². The maximum absolute atomic E-state index is 12.3. The molecule has 1 rings (SSSR count). The lowest BCUT2D eigenvalue weighted by Gasteiger charge is -2.09. The number of halogens is 2. The summed E-state index contributed by atoms with van der Waals surface area (Å²) < 4.78 is 34.0. The quantitative estimate of drug-likeness (QED) is 0.816. The van der Waals surface area contributed by atoms with E-state index in [0.717, 1.165) is 0 Å². The first-order chi connectivity index (χ1) is 6.60. The topological polar surface area (TPSA) is 51.6 Å². The van der Waals surface area contributed by atoms with Crippen molar-refractivity contribution in [1.82, 2.24) is 4.98 Å². The molecule has 1 heterocycles. The highest BCUT2D eigenvalue weighted by Crippen LogP contribution is 2.36. The molecular weight excluding hydrogens is 196 g/mol. The van der Waals surface area contributed by atoms with Crippen molar-refractivity contribution in [3.05, 3.63) is 11.8 Å². The van der Waals surface area contributed by atoms with Crippen molar-refractivity contribution < 1.29 is 23.4 Å². The summed E-state index contributed by atoms with van der Waals surface area (Å²) in [5, 5.41) is 9.26. The molecule has 1 N–H and O–H groups in total. The molecule has 0 saturated heterocycles. The molecule has 4 nitrogen and oxygen atoms in total. The van der Waals surface area contributed by atoms with Crippen LogP contribution in [0.4, 0.5) is 8.78 Å². The van der Waals surface area contributed by atoms with Gasteiger partial charge < -0.3 is 14.6 Å². The number of pyridine rings is 1. The van der Waals surface area contributed by atoms with Crippen LogP contribution in [-0.2, 0) is 0 Å². The van der Waals surface area contributed by atoms with Crippen LogP contribution >= 0.6 is 0 Å². The average Bonchev–Trinajstić information content (AvgIpc) is 2.17. The standard InChI is InChI=1S/C8H9F2NO3/c1-13-4-3-5(14-2)11-6(7(4)12)8(9)10/h3,8,12H,1-2H3. The van der Waals surface area contributed by atoms with Crippen molar-refractivity contribution in [3.8, 4) is 17.4 Å². The minimum absolute atomic E-state index is 0.0325. The molecule has 0 aliphatic heterocycles. The zero-order valence-electron chi connectivity index (χ0n) is 7.62. The lowest BCUT2D eigenvalue weighted by molar-refractivity contribution is 0.139. The van der Waals surface area contributed by atoms with Crippen molar-refractivity contribution >= 4 is 0 Å². The Labute approximate surface area is 79.1 Å². The van der Waals surface area contributed by atoms with E-state index in [2.05, 4.69) is 14.5 Å². The number of methoxy groups -OCH3 is 2. The van der Waals surface area contributed by atoms with Gasteiger partial charge in [0.15, 0.2) is 17.2 Å². The van der Waals surface area contributed by atoms with E-state index in [1.165, 1.54) is 20.3 Å². The molecule has 78 valence electrons. The predicted molar refractivity (Wildman–Crippen MR) is 44.0 cm³/mol. The summed E-state index contributed by atoms with van der Waals surface area (Å²) in [5.74, 6) is -0.787. The summed E-state index contributed by atoms with van der Waals surface area (Å²) in [6, 6.07) is 1.22. The average molecular weight is 205 g/mol. The highest BCUT2D eigenvalue weighted by atomic mass is 19.3. The number of hydrogen-bond acceptors (Lipinski definition) is 4. The second-order valence-corrected chi connectivity index (χ2v) is 2.40. The maximum Gasteiger partial charge on any atom is 0.284 e. The minimum Gasteiger partial charge on any atom is -0.503 e. The second-order valence-electron chi connectivity index (χ2n) is 2.40. The summed E-state index contributed by atoms with van der Waals surface area (Å²) in [7, 11) is 2.54. The summed E-state index contributed by atoms with van der Waals surface area (Å²) >= 11 is 0. The van der Waals surface area contributed by atoms with E-state index < -0.39 is 17.9 Å². The van der Waals surface area contributed by atoms with Crippen LogP contribution in [-0.4, -0.2) is 24.3 Å². The van der Waals surface area contributed by atoms with Crippen molar-refractivity contribution in [2.45, 2.75) is 6.43 Å². The molecule has 0 atom stereocenters. The number of ether oxygens (including phenoxy) is 2. The molecule has 0 unspecified atom stereocenters. The van der Waals surface area contributed by atoms with Gasteiger partial charge in [0.05, 0.1) is 14.2 Å². The third-order valence-corrected chi connectivity index (χ3v) is 1.60. The highest BCUT2D eigenvalue weighted by molar-refractivity contribution is 5.45. The SMILES string of the molecule is COc1cc(OC)c(O)c(C(F)F)n1. The van der Waals surface area contributed by atoms with E-state index in [1.54, 1.807) is 0 Å². The van der Waals surface area contributed by atoms with E-state index in [4.69, 9.17) is 0 Å². The van der Waals surface area contributed by atoms with Gasteiger partial charge in [0.25, 0.3) is 6.43 Å². The van der Waals surface area contributed by atoms with Gasteiger partial charge in [-0.1, -0.05) is 0 Å². The van der Waals surface area contributed by atoms with Crippen molar-refractivity contribution in [2.75, 3.05) is 14.2 Å². The van der Waals surface area contributed by atoms with Crippen LogP contribution in [0.1, 0.15) is 12.1 Å². The maximum atomic E-state index is 12.3. The van der Waals surface area contributed by atoms with E-state index in [0.29, 0.717) is 0 Å². The molecular formula is C8H9F2NO3. The lowest BCUT2D eigenvalue weighted by Crippen LogP contribution is -1.97. The summed E-state index contributed by atoms with van der Waals surface area (Å²) in [6.45, 7) is 0. The Balaban J connectivity index is 3.27. The second kappa shape index (κ2) is 4.08. The molecule has 6 heteroatoms. The monoisotopic (exact) mass is 205 g/mol. The Bertz CT molecular complexity index is 331. The number of alkyl halides is 2. The first kappa shape index (κ1) is 10.5. The van der Waals surface area contributed by atoms with Gasteiger partial charge in [-0.05, 0) is 0 Å². The van der Waals surface area contributed by atoms with Gasteiger partial charge >= 0.3 is 0 Å². The Morgan fingerprint density at radius 2 is 2.00 bits per heavy atom. The van der Waals surface area contributed by atoms with Gasteiger partial charge in [0, 0.05) is 6.07 Å². The molecule has 0 fully saturated rings. The predicted octanol–water partition coefficient (Wildman–Crippen LogP) is 1.74. The van der Waals surface area contributed by atoms with Gasteiger partial charge in [0.2, 0.25) is 5.88 Å². The van der Waals surface area contributed by atoms with Gasteiger partial charge in [-0.25, -0.2) is 13.8 Å². The van der Waals surface area contributed by atoms with Crippen LogP contribution in [0, 0.1) is 0 Å². The van der Waals surface area contributed by atoms with Gasteiger partial charge in [-0.3, -0.25) is 0 Å². The lowest BCUT2D eigenvalue weighted by atomic mass is 10.3. The zero-order chi connectivity index (χ0) is 10.7. The van der Waals surface area contributed by atoms with E-state index in [1.807, 2.05) is 0 Å². The molecule has 0 aliphatic rings. The third kappa shape index (κ3) is 1.84. The number of nitrogens with zero attached hydrogens (tertiary/aromatic N) is 1. The van der Waals surface area contributed by atoms with E-state index in [9.17, 15) is 13.9 Å². The molecule has 0 aliphatic carbocycles. The molecule has 14 heavy (non-hydrogen) atoms. The fraction of sp³-hybridized carbons (Fsp3) is 0.375. The van der Waals surface area contributed by atoms with Crippen molar-refractivity contribution in [1.29, 1.82) is 0 Å². The Hall–Kier alpha value is -1.59. The van der Waals surface area contributed by atoms with E-state index in [-0.39, 0.29) is 11.6 Å². The molecule has 0 saturated carbocycles. The van der Waals surface area contributed by atoms with Crippen LogP contribution in [0.2, 0.25) is 0 Å². The number of rotatable bonds is 3.